The van der Waals surface area contributed by atoms with Crippen LogP contribution in [0.15, 0.2) is 77.9 Å². The van der Waals surface area contributed by atoms with Crippen molar-refractivity contribution in [2.75, 3.05) is 18.0 Å². The molecule has 0 aliphatic carbocycles. The smallest absolute Gasteiger partial charge is 0.255 e. The standard InChI is InChI=1S/C23H18N4O2/c28-21(19-6-5-16-3-1-2-4-18(16)13-19)15-26-11-12-27-22(29)14-20(25-23(26)27)17-7-9-24-10-8-17/h1-10,13-14H,11-12,15H2. The average molecular weight is 382 g/mol. The summed E-state index contributed by atoms with van der Waals surface area (Å²) in [5.74, 6) is 0.547. The van der Waals surface area contributed by atoms with Crippen LogP contribution in [0.2, 0.25) is 0 Å². The van der Waals surface area contributed by atoms with Crippen LogP contribution in [0.5, 0.6) is 0 Å². The zero-order valence-corrected chi connectivity index (χ0v) is 15.7. The number of ketones is 1. The van der Waals surface area contributed by atoms with Gasteiger partial charge in [-0.15, -0.1) is 0 Å². The van der Waals surface area contributed by atoms with E-state index in [2.05, 4.69) is 9.97 Å². The molecule has 5 rings (SSSR count). The molecule has 1 aliphatic heterocycles. The lowest BCUT2D eigenvalue weighted by Gasteiger charge is -2.17. The summed E-state index contributed by atoms with van der Waals surface area (Å²) in [5, 5.41) is 2.14. The minimum Gasteiger partial charge on any atom is -0.333 e. The second kappa shape index (κ2) is 6.98. The summed E-state index contributed by atoms with van der Waals surface area (Å²) >= 11 is 0. The Kier molecular flexibility index (Phi) is 4.17. The van der Waals surface area contributed by atoms with Crippen molar-refractivity contribution in [3.63, 3.8) is 0 Å². The molecule has 0 N–H and O–H groups in total. The number of Topliss-reactive ketones (excluding diaryl/α,β-unsaturated/α-hetero) is 1. The van der Waals surface area contributed by atoms with E-state index in [1.165, 1.54) is 6.07 Å². The Hall–Kier alpha value is -3.80. The molecule has 0 saturated heterocycles. The molecule has 0 radical (unpaired) electrons. The molecule has 29 heavy (non-hydrogen) atoms. The van der Waals surface area contributed by atoms with E-state index in [1.807, 2.05) is 59.5 Å². The number of carbonyl (C=O) groups is 1. The lowest BCUT2D eigenvalue weighted by Crippen LogP contribution is -2.29. The summed E-state index contributed by atoms with van der Waals surface area (Å²) in [7, 11) is 0. The Bertz CT molecular complexity index is 1280. The number of fused-ring (bicyclic) bond motifs is 2. The van der Waals surface area contributed by atoms with E-state index in [4.69, 9.17) is 0 Å². The molecule has 6 nitrogen and oxygen atoms in total. The monoisotopic (exact) mass is 382 g/mol. The van der Waals surface area contributed by atoms with E-state index in [1.54, 1.807) is 17.0 Å². The average Bonchev–Trinajstić information content (AvgIpc) is 3.17. The summed E-state index contributed by atoms with van der Waals surface area (Å²) in [6, 6.07) is 18.9. The van der Waals surface area contributed by atoms with Crippen molar-refractivity contribution in [2.45, 2.75) is 6.54 Å². The fourth-order valence-corrected chi connectivity index (χ4v) is 3.71. The normalized spacial score (nSPS) is 12.9. The number of aromatic nitrogens is 3. The van der Waals surface area contributed by atoms with E-state index in [0.29, 0.717) is 30.3 Å². The number of hydrogen-bond acceptors (Lipinski definition) is 5. The molecule has 0 atom stereocenters. The molecule has 2 aromatic heterocycles. The topological polar surface area (TPSA) is 68.1 Å². The van der Waals surface area contributed by atoms with Crippen molar-refractivity contribution >= 4 is 22.5 Å². The van der Waals surface area contributed by atoms with Gasteiger partial charge in [0.05, 0.1) is 12.2 Å². The molecular formula is C23H18N4O2. The van der Waals surface area contributed by atoms with Crippen molar-refractivity contribution in [3.05, 3.63) is 89.0 Å². The third-order valence-corrected chi connectivity index (χ3v) is 5.25. The van der Waals surface area contributed by atoms with Gasteiger partial charge in [0.1, 0.15) is 0 Å². The van der Waals surface area contributed by atoms with Crippen LogP contribution < -0.4 is 10.5 Å². The molecule has 0 bridgehead atoms. The quantitative estimate of drug-likeness (QED) is 0.507. The first-order valence-electron chi connectivity index (χ1n) is 9.48. The second-order valence-electron chi connectivity index (χ2n) is 7.07. The summed E-state index contributed by atoms with van der Waals surface area (Å²) in [5.41, 5.74) is 1.97. The van der Waals surface area contributed by atoms with Crippen LogP contribution >= 0.6 is 0 Å². The summed E-state index contributed by atoms with van der Waals surface area (Å²) in [6.45, 7) is 1.30. The largest absolute Gasteiger partial charge is 0.333 e. The number of carbonyl (C=O) groups excluding carboxylic acids is 1. The van der Waals surface area contributed by atoms with Gasteiger partial charge in [-0.05, 0) is 29.0 Å². The lowest BCUT2D eigenvalue weighted by atomic mass is 10.0. The molecule has 0 unspecified atom stereocenters. The molecule has 0 amide bonds. The molecule has 6 heteroatoms. The second-order valence-corrected chi connectivity index (χ2v) is 7.07. The van der Waals surface area contributed by atoms with Crippen molar-refractivity contribution < 1.29 is 4.79 Å². The maximum Gasteiger partial charge on any atom is 0.255 e. The third-order valence-electron chi connectivity index (χ3n) is 5.25. The van der Waals surface area contributed by atoms with Gasteiger partial charge in [-0.25, -0.2) is 4.98 Å². The highest BCUT2D eigenvalue weighted by molar-refractivity contribution is 6.02. The van der Waals surface area contributed by atoms with Crippen molar-refractivity contribution in [3.8, 4) is 11.3 Å². The molecular weight excluding hydrogens is 364 g/mol. The summed E-state index contributed by atoms with van der Waals surface area (Å²) in [6.07, 6.45) is 3.34. The number of hydrogen-bond donors (Lipinski definition) is 0. The Morgan fingerprint density at radius 1 is 0.931 bits per heavy atom. The number of nitrogens with zero attached hydrogens (tertiary/aromatic N) is 4. The highest BCUT2D eigenvalue weighted by Crippen LogP contribution is 2.23. The van der Waals surface area contributed by atoms with Crippen molar-refractivity contribution in [1.29, 1.82) is 0 Å². The van der Waals surface area contributed by atoms with E-state index in [9.17, 15) is 9.59 Å². The number of benzene rings is 2. The van der Waals surface area contributed by atoms with E-state index < -0.39 is 0 Å². The van der Waals surface area contributed by atoms with Crippen LogP contribution in [-0.2, 0) is 6.54 Å². The molecule has 3 heterocycles. The van der Waals surface area contributed by atoms with Crippen LogP contribution in [0.1, 0.15) is 10.4 Å². The molecule has 142 valence electrons. The highest BCUT2D eigenvalue weighted by atomic mass is 16.1. The Morgan fingerprint density at radius 3 is 2.55 bits per heavy atom. The molecule has 1 aliphatic rings. The van der Waals surface area contributed by atoms with Gasteiger partial charge in [0.25, 0.3) is 5.56 Å². The van der Waals surface area contributed by atoms with Gasteiger partial charge in [0, 0.05) is 42.7 Å². The predicted octanol–water partition coefficient (Wildman–Crippen LogP) is 3.16. The molecule has 0 spiro atoms. The Labute approximate surface area is 167 Å². The van der Waals surface area contributed by atoms with E-state index in [0.717, 1.165) is 16.3 Å². The molecule has 2 aromatic carbocycles. The zero-order valence-electron chi connectivity index (χ0n) is 15.7. The minimum absolute atomic E-state index is 0.00719. The SMILES string of the molecule is O=C(CN1CCn2c1nc(-c1ccncc1)cc2=O)c1ccc2ccccc2c1. The fraction of sp³-hybridized carbons (Fsp3) is 0.130. The van der Waals surface area contributed by atoms with Gasteiger partial charge < -0.3 is 4.90 Å². The van der Waals surface area contributed by atoms with Gasteiger partial charge in [-0.3, -0.25) is 19.1 Å². The van der Waals surface area contributed by atoms with Gasteiger partial charge in [-0.1, -0.05) is 36.4 Å². The minimum atomic E-state index is -0.109. The van der Waals surface area contributed by atoms with Crippen LogP contribution in [0, 0.1) is 0 Å². The first-order chi connectivity index (χ1) is 14.2. The maximum atomic E-state index is 12.9. The zero-order chi connectivity index (χ0) is 19.8. The predicted molar refractivity (Wildman–Crippen MR) is 112 cm³/mol. The van der Waals surface area contributed by atoms with E-state index >= 15 is 0 Å². The fourth-order valence-electron chi connectivity index (χ4n) is 3.71. The maximum absolute atomic E-state index is 12.9. The van der Waals surface area contributed by atoms with E-state index in [-0.39, 0.29) is 17.9 Å². The van der Waals surface area contributed by atoms with Crippen molar-refractivity contribution in [2.24, 2.45) is 0 Å². The van der Waals surface area contributed by atoms with Crippen LogP contribution in [0.25, 0.3) is 22.0 Å². The van der Waals surface area contributed by atoms with Gasteiger partial charge in [0.15, 0.2) is 5.78 Å². The number of rotatable bonds is 4. The van der Waals surface area contributed by atoms with Gasteiger partial charge in [-0.2, -0.15) is 0 Å². The van der Waals surface area contributed by atoms with Crippen LogP contribution in [0.4, 0.5) is 5.95 Å². The number of pyridine rings is 1. The first-order valence-corrected chi connectivity index (χ1v) is 9.48. The first kappa shape index (κ1) is 17.3. The Balaban J connectivity index is 1.46. The highest BCUT2D eigenvalue weighted by Gasteiger charge is 2.25. The summed E-state index contributed by atoms with van der Waals surface area (Å²) in [4.78, 5) is 36.0. The lowest BCUT2D eigenvalue weighted by molar-refractivity contribution is 0.0999. The van der Waals surface area contributed by atoms with Gasteiger partial charge >= 0.3 is 0 Å². The molecule has 0 fully saturated rings. The Morgan fingerprint density at radius 2 is 1.72 bits per heavy atom. The van der Waals surface area contributed by atoms with Crippen LogP contribution in [0.3, 0.4) is 0 Å². The molecule has 0 saturated carbocycles. The van der Waals surface area contributed by atoms with Gasteiger partial charge in [0.2, 0.25) is 5.95 Å². The molecule has 4 aromatic rings. The van der Waals surface area contributed by atoms with Crippen LogP contribution in [-0.4, -0.2) is 33.4 Å². The summed E-state index contributed by atoms with van der Waals surface area (Å²) < 4.78 is 1.62. The number of anilines is 1. The van der Waals surface area contributed by atoms with Crippen molar-refractivity contribution in [1.82, 2.24) is 14.5 Å². The third kappa shape index (κ3) is 3.18.